The minimum Gasteiger partial charge on any atom is -0.382 e. The van der Waals surface area contributed by atoms with Gasteiger partial charge in [0.25, 0.3) is 5.56 Å². The van der Waals surface area contributed by atoms with Gasteiger partial charge in [-0.3, -0.25) is 4.79 Å². The maximum atomic E-state index is 12.2. The van der Waals surface area contributed by atoms with Gasteiger partial charge in [-0.15, -0.1) is 5.10 Å². The Kier molecular flexibility index (Phi) is 1.93. The van der Waals surface area contributed by atoms with Crippen molar-refractivity contribution in [3.8, 4) is 0 Å². The molecule has 3 aromatic heterocycles. The third-order valence-electron chi connectivity index (χ3n) is 3.40. The highest BCUT2D eigenvalue weighted by Crippen LogP contribution is 2.25. The Balaban J connectivity index is 2.41. The number of anilines is 1. The topological polar surface area (TPSA) is 102 Å². The lowest BCUT2D eigenvalue weighted by Gasteiger charge is -2.00. The first-order chi connectivity index (χ1) is 9.66. The molecule has 0 aliphatic rings. The Hall–Kier alpha value is -2.96. The minimum absolute atomic E-state index is 0.177. The van der Waals surface area contributed by atoms with Gasteiger partial charge in [0.15, 0.2) is 5.82 Å². The van der Waals surface area contributed by atoms with Gasteiger partial charge in [0.2, 0.25) is 0 Å². The molecule has 0 spiro atoms. The first-order valence-corrected chi connectivity index (χ1v) is 6.09. The van der Waals surface area contributed by atoms with Crippen molar-refractivity contribution >= 4 is 33.3 Å². The second-order valence-electron chi connectivity index (χ2n) is 4.63. The molecule has 3 N–H and O–H groups in total. The molecule has 98 valence electrons. The summed E-state index contributed by atoms with van der Waals surface area (Å²) in [5, 5.41) is 13.6. The number of aromatic amines is 1. The van der Waals surface area contributed by atoms with Crippen LogP contribution in [0.5, 0.6) is 0 Å². The number of fused-ring (bicyclic) bond motifs is 5. The van der Waals surface area contributed by atoms with Crippen molar-refractivity contribution < 1.29 is 0 Å². The molecule has 1 aromatic carbocycles. The number of aryl methyl sites for hydroxylation is 1. The van der Waals surface area contributed by atoms with Crippen LogP contribution >= 0.6 is 0 Å². The molecule has 0 amide bonds. The lowest BCUT2D eigenvalue weighted by Crippen LogP contribution is -2.10. The number of nitrogens with one attached hydrogen (secondary N) is 1. The van der Waals surface area contributed by atoms with Gasteiger partial charge in [0, 0.05) is 0 Å². The summed E-state index contributed by atoms with van der Waals surface area (Å²) in [6, 6.07) is 7.28. The molecule has 7 heteroatoms. The molecular formula is C13H10N6O. The average Bonchev–Trinajstić information content (AvgIpc) is 2.84. The number of H-pyrrole nitrogens is 1. The Morgan fingerprint density at radius 2 is 2.05 bits per heavy atom. The molecule has 0 saturated carbocycles. The fourth-order valence-corrected chi connectivity index (χ4v) is 2.46. The van der Waals surface area contributed by atoms with Gasteiger partial charge < -0.3 is 10.7 Å². The predicted octanol–water partition coefficient (Wildman–Crippen LogP) is 1.01. The molecule has 0 atom stereocenters. The van der Waals surface area contributed by atoms with E-state index in [1.807, 2.05) is 25.1 Å². The van der Waals surface area contributed by atoms with Crippen molar-refractivity contribution in [2.24, 2.45) is 0 Å². The molecule has 0 aliphatic heterocycles. The molecule has 20 heavy (non-hydrogen) atoms. The van der Waals surface area contributed by atoms with Crippen LogP contribution in [0.15, 0.2) is 29.1 Å². The molecule has 0 fully saturated rings. The van der Waals surface area contributed by atoms with Crippen molar-refractivity contribution in [1.29, 1.82) is 0 Å². The second kappa shape index (κ2) is 3.53. The SMILES string of the molecule is Cc1nnc(N)c2c1nn1c3ccccc3c(=O)[nH]c21. The van der Waals surface area contributed by atoms with Crippen LogP contribution in [0.3, 0.4) is 0 Å². The maximum absolute atomic E-state index is 12.2. The largest absolute Gasteiger partial charge is 0.382 e. The van der Waals surface area contributed by atoms with Crippen molar-refractivity contribution in [3.63, 3.8) is 0 Å². The monoisotopic (exact) mass is 266 g/mol. The van der Waals surface area contributed by atoms with E-state index in [0.29, 0.717) is 27.6 Å². The van der Waals surface area contributed by atoms with Gasteiger partial charge in [0.1, 0.15) is 11.2 Å². The zero-order valence-electron chi connectivity index (χ0n) is 10.6. The summed E-state index contributed by atoms with van der Waals surface area (Å²) >= 11 is 0. The number of nitrogens with two attached hydrogens (primary N) is 1. The summed E-state index contributed by atoms with van der Waals surface area (Å²) in [5.41, 5.74) is 8.28. The van der Waals surface area contributed by atoms with Crippen LogP contribution in [0, 0.1) is 6.92 Å². The first kappa shape index (κ1) is 10.9. The standard InChI is InChI=1S/C13H10N6O/c1-6-10-9(11(14)17-16-6)12-15-13(20)7-4-2-3-5-8(7)19(12)18-10/h2-5H,1H3,(H2,14,17)(H,15,20). The lowest BCUT2D eigenvalue weighted by atomic mass is 10.2. The normalized spacial score (nSPS) is 11.7. The van der Waals surface area contributed by atoms with Crippen molar-refractivity contribution in [2.75, 3.05) is 5.73 Å². The van der Waals surface area contributed by atoms with Gasteiger partial charge in [0.05, 0.1) is 22.0 Å². The summed E-state index contributed by atoms with van der Waals surface area (Å²) in [6.45, 7) is 1.81. The molecule has 0 aliphatic carbocycles. The molecule has 4 aromatic rings. The van der Waals surface area contributed by atoms with Gasteiger partial charge >= 0.3 is 0 Å². The number of aromatic nitrogens is 5. The molecule has 0 radical (unpaired) electrons. The van der Waals surface area contributed by atoms with Crippen LogP contribution in [-0.2, 0) is 0 Å². The highest BCUT2D eigenvalue weighted by molar-refractivity contribution is 6.02. The summed E-state index contributed by atoms with van der Waals surface area (Å²) in [5.74, 6) is 0.256. The number of hydrogen-bond acceptors (Lipinski definition) is 5. The molecule has 0 bridgehead atoms. The van der Waals surface area contributed by atoms with Crippen molar-refractivity contribution in [3.05, 3.63) is 40.3 Å². The van der Waals surface area contributed by atoms with E-state index in [2.05, 4.69) is 20.3 Å². The van der Waals surface area contributed by atoms with E-state index < -0.39 is 0 Å². The first-order valence-electron chi connectivity index (χ1n) is 6.09. The second-order valence-corrected chi connectivity index (χ2v) is 4.63. The molecular weight excluding hydrogens is 256 g/mol. The van der Waals surface area contributed by atoms with E-state index in [-0.39, 0.29) is 11.4 Å². The van der Waals surface area contributed by atoms with Gasteiger partial charge in [-0.25, -0.2) is 4.52 Å². The lowest BCUT2D eigenvalue weighted by molar-refractivity contribution is 0.972. The molecule has 4 rings (SSSR count). The maximum Gasteiger partial charge on any atom is 0.259 e. The van der Waals surface area contributed by atoms with Crippen LogP contribution in [0.1, 0.15) is 5.69 Å². The van der Waals surface area contributed by atoms with Crippen LogP contribution in [0.2, 0.25) is 0 Å². The third kappa shape index (κ3) is 1.23. The number of nitrogen functional groups attached to an aromatic ring is 1. The Bertz CT molecular complexity index is 1050. The smallest absolute Gasteiger partial charge is 0.259 e. The van der Waals surface area contributed by atoms with Crippen LogP contribution in [0.25, 0.3) is 27.5 Å². The van der Waals surface area contributed by atoms with Gasteiger partial charge in [-0.1, -0.05) is 12.1 Å². The average molecular weight is 266 g/mol. The van der Waals surface area contributed by atoms with E-state index in [1.165, 1.54) is 0 Å². The Morgan fingerprint density at radius 1 is 1.25 bits per heavy atom. The summed E-state index contributed by atoms with van der Waals surface area (Å²) in [6.07, 6.45) is 0. The van der Waals surface area contributed by atoms with Crippen LogP contribution < -0.4 is 11.3 Å². The predicted molar refractivity (Wildman–Crippen MR) is 75.6 cm³/mol. The summed E-state index contributed by atoms with van der Waals surface area (Å²) in [7, 11) is 0. The van der Waals surface area contributed by atoms with E-state index in [9.17, 15) is 4.79 Å². The van der Waals surface area contributed by atoms with Crippen molar-refractivity contribution in [1.82, 2.24) is 24.8 Å². The molecule has 3 heterocycles. The molecule has 0 saturated heterocycles. The van der Waals surface area contributed by atoms with E-state index in [1.54, 1.807) is 10.6 Å². The van der Waals surface area contributed by atoms with E-state index in [0.717, 1.165) is 5.52 Å². The number of benzene rings is 1. The van der Waals surface area contributed by atoms with E-state index >= 15 is 0 Å². The zero-order chi connectivity index (χ0) is 13.9. The third-order valence-corrected chi connectivity index (χ3v) is 3.40. The number of hydrogen-bond donors (Lipinski definition) is 2. The van der Waals surface area contributed by atoms with E-state index in [4.69, 9.17) is 5.73 Å². The molecule has 7 nitrogen and oxygen atoms in total. The fraction of sp³-hybridized carbons (Fsp3) is 0.0769. The Labute approximate surface area is 112 Å². The number of nitrogens with zero attached hydrogens (tertiary/aromatic N) is 4. The summed E-state index contributed by atoms with van der Waals surface area (Å²) in [4.78, 5) is 15.0. The fourth-order valence-electron chi connectivity index (χ4n) is 2.46. The van der Waals surface area contributed by atoms with Crippen LogP contribution in [0.4, 0.5) is 5.82 Å². The summed E-state index contributed by atoms with van der Waals surface area (Å²) < 4.78 is 1.67. The minimum atomic E-state index is -0.177. The number of rotatable bonds is 0. The Morgan fingerprint density at radius 3 is 2.90 bits per heavy atom. The quantitative estimate of drug-likeness (QED) is 0.494. The van der Waals surface area contributed by atoms with Gasteiger partial charge in [-0.05, 0) is 19.1 Å². The highest BCUT2D eigenvalue weighted by atomic mass is 16.1. The zero-order valence-corrected chi connectivity index (χ0v) is 10.6. The van der Waals surface area contributed by atoms with Gasteiger partial charge in [-0.2, -0.15) is 10.2 Å². The van der Waals surface area contributed by atoms with Crippen LogP contribution in [-0.4, -0.2) is 24.8 Å². The van der Waals surface area contributed by atoms with Crippen molar-refractivity contribution in [2.45, 2.75) is 6.92 Å². The highest BCUT2D eigenvalue weighted by Gasteiger charge is 2.15. The molecule has 0 unspecified atom stereocenters. The number of para-hydroxylation sites is 1.